The van der Waals surface area contributed by atoms with Crippen molar-refractivity contribution in [3.8, 4) is 0 Å². The predicted molar refractivity (Wildman–Crippen MR) is 68.0 cm³/mol. The fraction of sp³-hybridized carbons (Fsp3) is 0.556. The van der Waals surface area contributed by atoms with Gasteiger partial charge in [-0.15, -0.1) is 11.3 Å². The van der Waals surface area contributed by atoms with Crippen molar-refractivity contribution < 1.29 is 8.42 Å². The van der Waals surface area contributed by atoms with E-state index in [1.165, 1.54) is 15.6 Å². The summed E-state index contributed by atoms with van der Waals surface area (Å²) < 4.78 is 27.1. The molecule has 0 amide bonds. The zero-order chi connectivity index (χ0) is 11.8. The van der Waals surface area contributed by atoms with Crippen LogP contribution in [0.1, 0.15) is 12.8 Å². The van der Waals surface area contributed by atoms with Crippen molar-refractivity contribution in [1.82, 2.24) is 4.31 Å². The monoisotopic (exact) mass is 324 g/mol. The summed E-state index contributed by atoms with van der Waals surface area (Å²) in [4.78, 5) is 0. The zero-order valence-corrected chi connectivity index (χ0v) is 11.8. The van der Waals surface area contributed by atoms with Crippen LogP contribution in [0.3, 0.4) is 0 Å². The van der Waals surface area contributed by atoms with E-state index in [1.54, 1.807) is 11.4 Å². The molecular formula is C9H13BrN2O2S2. The molecule has 0 bridgehead atoms. The van der Waals surface area contributed by atoms with Crippen LogP contribution >= 0.6 is 27.3 Å². The van der Waals surface area contributed by atoms with Gasteiger partial charge in [0.25, 0.3) is 10.0 Å². The van der Waals surface area contributed by atoms with Crippen molar-refractivity contribution in [3.05, 3.63) is 15.9 Å². The third-order valence-corrected chi connectivity index (χ3v) is 6.60. The summed E-state index contributed by atoms with van der Waals surface area (Å²) in [5.74, 6) is 0. The van der Waals surface area contributed by atoms with Crippen LogP contribution in [0.2, 0.25) is 0 Å². The molecule has 0 aromatic carbocycles. The van der Waals surface area contributed by atoms with E-state index in [2.05, 4.69) is 15.9 Å². The van der Waals surface area contributed by atoms with E-state index in [9.17, 15) is 8.42 Å². The molecule has 2 N–H and O–H groups in total. The molecular weight excluding hydrogens is 312 g/mol. The number of nitrogens with zero attached hydrogens (tertiary/aromatic N) is 1. The van der Waals surface area contributed by atoms with Crippen LogP contribution in [0, 0.1) is 0 Å². The average Bonchev–Trinajstić information content (AvgIpc) is 2.65. The molecule has 2 rings (SSSR count). The standard InChI is InChI=1S/C9H13BrN2O2S2/c10-7-4-9(15-6-7)16(13,14)12-3-1-2-8(11)5-12/h4,6,8H,1-3,5,11H2. The topological polar surface area (TPSA) is 63.4 Å². The molecule has 0 saturated carbocycles. The Kier molecular flexibility index (Phi) is 3.70. The minimum Gasteiger partial charge on any atom is -0.327 e. The smallest absolute Gasteiger partial charge is 0.252 e. The third kappa shape index (κ3) is 2.48. The Morgan fingerprint density at radius 3 is 2.88 bits per heavy atom. The zero-order valence-electron chi connectivity index (χ0n) is 8.60. The van der Waals surface area contributed by atoms with Crippen LogP contribution in [0.5, 0.6) is 0 Å². The van der Waals surface area contributed by atoms with Gasteiger partial charge in [0.15, 0.2) is 0 Å². The van der Waals surface area contributed by atoms with E-state index < -0.39 is 10.0 Å². The van der Waals surface area contributed by atoms with Crippen molar-refractivity contribution in [2.75, 3.05) is 13.1 Å². The van der Waals surface area contributed by atoms with Crippen LogP contribution in [0.15, 0.2) is 20.1 Å². The number of hydrogen-bond donors (Lipinski definition) is 1. The SMILES string of the molecule is NC1CCCN(S(=O)(=O)c2cc(Br)cs2)C1. The van der Waals surface area contributed by atoms with Gasteiger partial charge in [-0.1, -0.05) is 0 Å². The Balaban J connectivity index is 2.25. The lowest BCUT2D eigenvalue weighted by Gasteiger charge is -2.29. The van der Waals surface area contributed by atoms with E-state index in [4.69, 9.17) is 5.73 Å². The van der Waals surface area contributed by atoms with Crippen molar-refractivity contribution in [1.29, 1.82) is 0 Å². The lowest BCUT2D eigenvalue weighted by Crippen LogP contribution is -2.45. The van der Waals surface area contributed by atoms with Crippen LogP contribution < -0.4 is 5.73 Å². The third-order valence-electron chi connectivity index (χ3n) is 2.56. The average molecular weight is 325 g/mol. The molecule has 1 aromatic heterocycles. The second-order valence-electron chi connectivity index (χ2n) is 3.85. The van der Waals surface area contributed by atoms with Gasteiger partial charge >= 0.3 is 0 Å². The first-order valence-electron chi connectivity index (χ1n) is 5.00. The molecule has 1 unspecified atom stereocenters. The van der Waals surface area contributed by atoms with E-state index in [0.717, 1.165) is 17.3 Å². The normalized spacial score (nSPS) is 23.5. The Morgan fingerprint density at radius 1 is 1.56 bits per heavy atom. The fourth-order valence-electron chi connectivity index (χ4n) is 1.75. The van der Waals surface area contributed by atoms with Crippen LogP contribution in [0.25, 0.3) is 0 Å². The molecule has 1 saturated heterocycles. The van der Waals surface area contributed by atoms with E-state index >= 15 is 0 Å². The van der Waals surface area contributed by atoms with Crippen molar-refractivity contribution in [3.63, 3.8) is 0 Å². The van der Waals surface area contributed by atoms with E-state index in [1.807, 2.05) is 0 Å². The van der Waals surface area contributed by atoms with Gasteiger partial charge in [0, 0.05) is 29.0 Å². The van der Waals surface area contributed by atoms with Crippen molar-refractivity contribution in [2.45, 2.75) is 23.1 Å². The lowest BCUT2D eigenvalue weighted by molar-refractivity contribution is 0.316. The molecule has 0 aliphatic carbocycles. The molecule has 4 nitrogen and oxygen atoms in total. The minimum atomic E-state index is -3.33. The van der Waals surface area contributed by atoms with Crippen LogP contribution in [-0.4, -0.2) is 31.9 Å². The number of halogens is 1. The summed E-state index contributed by atoms with van der Waals surface area (Å²) in [6, 6.07) is 1.60. The number of hydrogen-bond acceptors (Lipinski definition) is 4. The van der Waals surface area contributed by atoms with Crippen LogP contribution in [0.4, 0.5) is 0 Å². The Labute approximate surface area is 108 Å². The quantitative estimate of drug-likeness (QED) is 0.899. The number of nitrogens with two attached hydrogens (primary N) is 1. The van der Waals surface area contributed by atoms with Gasteiger partial charge in [-0.2, -0.15) is 4.31 Å². The van der Waals surface area contributed by atoms with Gasteiger partial charge in [0.2, 0.25) is 0 Å². The highest BCUT2D eigenvalue weighted by atomic mass is 79.9. The minimum absolute atomic E-state index is 0.0353. The highest BCUT2D eigenvalue weighted by Crippen LogP contribution is 2.28. The van der Waals surface area contributed by atoms with Gasteiger partial charge in [-0.3, -0.25) is 0 Å². The van der Waals surface area contributed by atoms with Gasteiger partial charge < -0.3 is 5.73 Å². The van der Waals surface area contributed by atoms with Gasteiger partial charge in [0.1, 0.15) is 4.21 Å². The number of sulfonamides is 1. The molecule has 1 atom stereocenters. The second kappa shape index (κ2) is 4.73. The molecule has 7 heteroatoms. The van der Waals surface area contributed by atoms with Gasteiger partial charge in [-0.05, 0) is 34.8 Å². The summed E-state index contributed by atoms with van der Waals surface area (Å²) >= 11 is 4.50. The largest absolute Gasteiger partial charge is 0.327 e. The number of piperidine rings is 1. The van der Waals surface area contributed by atoms with Crippen molar-refractivity contribution in [2.24, 2.45) is 5.73 Å². The molecule has 2 heterocycles. The first kappa shape index (κ1) is 12.5. The molecule has 1 fully saturated rings. The number of thiophene rings is 1. The first-order valence-corrected chi connectivity index (χ1v) is 8.11. The van der Waals surface area contributed by atoms with E-state index in [-0.39, 0.29) is 6.04 Å². The molecule has 16 heavy (non-hydrogen) atoms. The van der Waals surface area contributed by atoms with Gasteiger partial charge in [-0.25, -0.2) is 8.42 Å². The second-order valence-corrected chi connectivity index (χ2v) is 7.84. The molecule has 0 radical (unpaired) electrons. The summed E-state index contributed by atoms with van der Waals surface area (Å²) in [5.41, 5.74) is 5.79. The summed E-state index contributed by atoms with van der Waals surface area (Å²) in [6.07, 6.45) is 1.74. The Bertz CT molecular complexity index is 472. The predicted octanol–water partition coefficient (Wildman–Crippen LogP) is 1.62. The fourth-order valence-corrected chi connectivity index (χ4v) is 5.29. The maximum Gasteiger partial charge on any atom is 0.252 e. The summed E-state index contributed by atoms with van der Waals surface area (Å²) in [7, 11) is -3.33. The highest BCUT2D eigenvalue weighted by Gasteiger charge is 2.29. The Hall–Kier alpha value is 0.0500. The number of rotatable bonds is 2. The van der Waals surface area contributed by atoms with E-state index in [0.29, 0.717) is 17.3 Å². The molecule has 1 aliphatic heterocycles. The van der Waals surface area contributed by atoms with Crippen molar-refractivity contribution >= 4 is 37.3 Å². The maximum atomic E-state index is 12.2. The first-order chi connectivity index (χ1) is 7.50. The summed E-state index contributed by atoms with van der Waals surface area (Å²) in [5, 5.41) is 1.77. The maximum absolute atomic E-state index is 12.2. The summed E-state index contributed by atoms with van der Waals surface area (Å²) in [6.45, 7) is 1.00. The highest BCUT2D eigenvalue weighted by molar-refractivity contribution is 9.10. The molecule has 1 aromatic rings. The lowest BCUT2D eigenvalue weighted by atomic mass is 10.1. The van der Waals surface area contributed by atoms with Gasteiger partial charge in [0.05, 0.1) is 0 Å². The molecule has 90 valence electrons. The molecule has 0 spiro atoms. The van der Waals surface area contributed by atoms with Crippen LogP contribution in [-0.2, 0) is 10.0 Å². The Morgan fingerprint density at radius 2 is 2.31 bits per heavy atom. The molecule has 1 aliphatic rings.